The Kier molecular flexibility index (Phi) is 6.46. The minimum Gasteiger partial charge on any atom is -0.490 e. The van der Waals surface area contributed by atoms with Crippen LogP contribution in [0.3, 0.4) is 0 Å². The molecule has 2 aromatic carbocycles. The Hall–Kier alpha value is -4.13. The zero-order valence-electron chi connectivity index (χ0n) is 20.3. The topological polar surface area (TPSA) is 94.8 Å². The molecule has 1 N–H and O–H groups in total. The number of esters is 1. The Bertz CT molecular complexity index is 1460. The zero-order valence-corrected chi connectivity index (χ0v) is 20.3. The van der Waals surface area contributed by atoms with Crippen molar-refractivity contribution in [3.63, 3.8) is 0 Å². The molecule has 0 unspecified atom stereocenters. The van der Waals surface area contributed by atoms with Gasteiger partial charge in [0.25, 0.3) is 0 Å². The Morgan fingerprint density at radius 2 is 1.86 bits per heavy atom. The lowest BCUT2D eigenvalue weighted by molar-refractivity contribution is -0.140. The maximum absolute atomic E-state index is 13.6. The van der Waals surface area contributed by atoms with Gasteiger partial charge in [0.05, 0.1) is 23.1 Å². The molecule has 0 saturated heterocycles. The Morgan fingerprint density at radius 3 is 2.67 bits per heavy atom. The van der Waals surface area contributed by atoms with Crippen LogP contribution in [-0.2, 0) is 14.3 Å². The van der Waals surface area contributed by atoms with Gasteiger partial charge in [-0.2, -0.15) is 0 Å². The maximum Gasteiger partial charge on any atom is 0.336 e. The van der Waals surface area contributed by atoms with Crippen LogP contribution in [-0.4, -0.2) is 25.0 Å². The zero-order chi connectivity index (χ0) is 25.2. The molecule has 1 aromatic heterocycles. The molecule has 7 heteroatoms. The van der Waals surface area contributed by atoms with E-state index in [1.807, 2.05) is 43.3 Å². The smallest absolute Gasteiger partial charge is 0.336 e. The van der Waals surface area contributed by atoms with Gasteiger partial charge in [-0.1, -0.05) is 29.8 Å². The summed E-state index contributed by atoms with van der Waals surface area (Å²) < 4.78 is 17.0. The van der Waals surface area contributed by atoms with Gasteiger partial charge in [-0.25, -0.2) is 4.79 Å². The van der Waals surface area contributed by atoms with Crippen LogP contribution in [0.1, 0.15) is 43.2 Å². The number of ether oxygens (including phenoxy) is 2. The molecule has 3 aromatic rings. The summed E-state index contributed by atoms with van der Waals surface area (Å²) in [6.45, 7) is 3.85. The van der Waals surface area contributed by atoms with Crippen LogP contribution < -0.4 is 15.5 Å². The first kappa shape index (κ1) is 23.6. The van der Waals surface area contributed by atoms with Crippen LogP contribution >= 0.6 is 0 Å². The van der Waals surface area contributed by atoms with Crippen LogP contribution in [0.15, 0.2) is 86.5 Å². The highest BCUT2D eigenvalue weighted by Gasteiger charge is 2.40. The molecule has 0 amide bonds. The first-order valence-corrected chi connectivity index (χ1v) is 12.0. The van der Waals surface area contributed by atoms with Crippen molar-refractivity contribution in [2.24, 2.45) is 0 Å². The summed E-state index contributed by atoms with van der Waals surface area (Å²) in [5.74, 6) is -0.872. The molecule has 0 saturated carbocycles. The number of allylic oxidation sites excluding steroid dienone is 3. The van der Waals surface area contributed by atoms with Crippen molar-refractivity contribution < 1.29 is 23.5 Å². The summed E-state index contributed by atoms with van der Waals surface area (Å²) in [4.78, 5) is 40.1. The van der Waals surface area contributed by atoms with Crippen LogP contribution in [0.2, 0.25) is 0 Å². The SMILES string of the molecule is CC1=C(C(=O)OCCOc2ccccc2)[C@H](c2coc3ccc(C)cc3c2=O)C2=C(CCCC2=O)N1. The lowest BCUT2D eigenvalue weighted by Gasteiger charge is -2.33. The third-order valence-corrected chi connectivity index (χ3v) is 6.59. The number of hydrogen-bond donors (Lipinski definition) is 1. The van der Waals surface area contributed by atoms with Gasteiger partial charge in [0.2, 0.25) is 0 Å². The quantitative estimate of drug-likeness (QED) is 0.400. The largest absolute Gasteiger partial charge is 0.490 e. The minimum atomic E-state index is -0.863. The second-order valence-electron chi connectivity index (χ2n) is 9.08. The molecule has 0 spiro atoms. The van der Waals surface area contributed by atoms with Crippen molar-refractivity contribution in [3.05, 3.63) is 98.7 Å². The maximum atomic E-state index is 13.6. The van der Waals surface area contributed by atoms with E-state index in [9.17, 15) is 14.4 Å². The van der Waals surface area contributed by atoms with Gasteiger partial charge >= 0.3 is 5.97 Å². The molecule has 1 atom stereocenters. The Morgan fingerprint density at radius 1 is 1.06 bits per heavy atom. The number of para-hydroxylation sites is 1. The third kappa shape index (κ3) is 4.44. The molecule has 2 aliphatic rings. The second kappa shape index (κ2) is 9.85. The number of rotatable bonds is 6. The summed E-state index contributed by atoms with van der Waals surface area (Å²) in [7, 11) is 0. The molecule has 0 bridgehead atoms. The first-order chi connectivity index (χ1) is 17.4. The predicted octanol–water partition coefficient (Wildman–Crippen LogP) is 4.69. The fourth-order valence-corrected chi connectivity index (χ4v) is 4.91. The molecular formula is C29H27NO6. The molecule has 7 nitrogen and oxygen atoms in total. The lowest BCUT2D eigenvalue weighted by Crippen LogP contribution is -2.36. The molecule has 1 aliphatic carbocycles. The molecule has 2 heterocycles. The normalized spacial score (nSPS) is 17.6. The first-order valence-electron chi connectivity index (χ1n) is 12.0. The monoisotopic (exact) mass is 485 g/mol. The van der Waals surface area contributed by atoms with Crippen molar-refractivity contribution in [2.75, 3.05) is 13.2 Å². The van der Waals surface area contributed by atoms with Crippen molar-refractivity contribution in [1.82, 2.24) is 5.32 Å². The van der Waals surface area contributed by atoms with Gasteiger partial charge in [-0.15, -0.1) is 0 Å². The molecular weight excluding hydrogens is 458 g/mol. The van der Waals surface area contributed by atoms with Crippen molar-refractivity contribution in [2.45, 2.75) is 39.0 Å². The number of aryl methyl sites for hydroxylation is 1. The second-order valence-corrected chi connectivity index (χ2v) is 9.08. The van der Waals surface area contributed by atoms with E-state index in [1.54, 1.807) is 19.1 Å². The van der Waals surface area contributed by atoms with Gasteiger partial charge in [-0.3, -0.25) is 9.59 Å². The van der Waals surface area contributed by atoms with Gasteiger partial charge in [0.1, 0.15) is 24.5 Å². The van der Waals surface area contributed by atoms with E-state index in [2.05, 4.69) is 5.32 Å². The highest BCUT2D eigenvalue weighted by Crippen LogP contribution is 2.42. The lowest BCUT2D eigenvalue weighted by atomic mass is 9.75. The number of ketones is 1. The number of dihydropyridines is 1. The molecule has 1 aliphatic heterocycles. The fraction of sp³-hybridized carbons (Fsp3) is 0.276. The van der Waals surface area contributed by atoms with Crippen LogP contribution in [0.5, 0.6) is 5.75 Å². The Labute approximate surface area is 208 Å². The standard InChI is InChI=1S/C29H27NO6/c1-17-11-12-24-20(15-17)28(32)21(16-36-24)26-25(18(2)30-22-9-6-10-23(31)27(22)26)29(33)35-14-13-34-19-7-4-3-5-8-19/h3-5,7-8,11-12,15-16,26,30H,6,9-10,13-14H2,1-2H3/t26-/m0/s1. The van der Waals surface area contributed by atoms with E-state index in [1.165, 1.54) is 6.26 Å². The highest BCUT2D eigenvalue weighted by molar-refractivity contribution is 6.04. The van der Waals surface area contributed by atoms with Crippen LogP contribution in [0, 0.1) is 6.92 Å². The Balaban J connectivity index is 1.50. The average Bonchev–Trinajstić information content (AvgIpc) is 2.87. The van der Waals surface area contributed by atoms with E-state index in [0.29, 0.717) is 47.3 Å². The molecule has 0 fully saturated rings. The molecule has 184 valence electrons. The highest BCUT2D eigenvalue weighted by atomic mass is 16.6. The van der Waals surface area contributed by atoms with E-state index >= 15 is 0 Å². The fourth-order valence-electron chi connectivity index (χ4n) is 4.91. The van der Waals surface area contributed by atoms with E-state index in [-0.39, 0.29) is 35.6 Å². The number of hydrogen-bond acceptors (Lipinski definition) is 7. The number of fused-ring (bicyclic) bond motifs is 1. The van der Waals surface area contributed by atoms with E-state index in [4.69, 9.17) is 13.9 Å². The number of benzene rings is 2. The van der Waals surface area contributed by atoms with Crippen molar-refractivity contribution in [3.8, 4) is 5.75 Å². The third-order valence-electron chi connectivity index (χ3n) is 6.59. The van der Waals surface area contributed by atoms with Crippen LogP contribution in [0.25, 0.3) is 11.0 Å². The van der Waals surface area contributed by atoms with E-state index < -0.39 is 11.9 Å². The predicted molar refractivity (Wildman–Crippen MR) is 135 cm³/mol. The van der Waals surface area contributed by atoms with Gasteiger partial charge < -0.3 is 19.2 Å². The van der Waals surface area contributed by atoms with Crippen molar-refractivity contribution in [1.29, 1.82) is 0 Å². The summed E-state index contributed by atoms with van der Waals surface area (Å²) in [5, 5.41) is 3.65. The average molecular weight is 486 g/mol. The molecule has 5 rings (SSSR count). The van der Waals surface area contributed by atoms with Crippen LogP contribution in [0.4, 0.5) is 0 Å². The summed E-state index contributed by atoms with van der Waals surface area (Å²) in [6.07, 6.45) is 3.12. The van der Waals surface area contributed by atoms with Gasteiger partial charge in [0, 0.05) is 29.0 Å². The number of carbonyl (C=O) groups excluding carboxylic acids is 2. The molecule has 36 heavy (non-hydrogen) atoms. The minimum absolute atomic E-state index is 0.0165. The van der Waals surface area contributed by atoms with Crippen molar-refractivity contribution >= 4 is 22.7 Å². The number of nitrogens with one attached hydrogen (secondary N) is 1. The number of Topliss-reactive ketones (excluding diaryl/α,β-unsaturated/α-hetero) is 1. The summed E-state index contributed by atoms with van der Waals surface area (Å²) in [5.41, 5.74) is 3.35. The van der Waals surface area contributed by atoms with E-state index in [0.717, 1.165) is 11.3 Å². The summed E-state index contributed by atoms with van der Waals surface area (Å²) >= 11 is 0. The molecule has 0 radical (unpaired) electrons. The van der Waals surface area contributed by atoms with Gasteiger partial charge in [0.15, 0.2) is 11.2 Å². The number of carbonyl (C=O) groups is 2. The van der Waals surface area contributed by atoms with Gasteiger partial charge in [-0.05, 0) is 51.0 Å². The summed E-state index contributed by atoms with van der Waals surface area (Å²) in [6, 6.07) is 14.6.